The van der Waals surface area contributed by atoms with Gasteiger partial charge in [-0.25, -0.2) is 0 Å². The quantitative estimate of drug-likeness (QED) is 0.360. The number of hydrogen-bond acceptors (Lipinski definition) is 3. The molecule has 0 heterocycles. The van der Waals surface area contributed by atoms with Gasteiger partial charge < -0.3 is 10.6 Å². The van der Waals surface area contributed by atoms with Crippen molar-refractivity contribution in [2.24, 2.45) is 10.9 Å². The molecule has 0 aromatic carbocycles. The molecule has 0 radical (unpaired) electrons. The number of nitrogens with two attached hydrogens (primary N) is 1. The van der Waals surface area contributed by atoms with Crippen LogP contribution in [0.2, 0.25) is 0 Å². The molecule has 1 atom stereocenters. The molecule has 0 spiro atoms. The maximum Gasteiger partial charge on any atom is 0.137 e. The fourth-order valence-electron chi connectivity index (χ4n) is 0.286. The minimum Gasteiger partial charge on any atom is -0.392 e. The van der Waals surface area contributed by atoms with E-state index in [0.29, 0.717) is 6.61 Å². The Bertz CT molecular complexity index is 130. The molecule has 10 heavy (non-hydrogen) atoms. The summed E-state index contributed by atoms with van der Waals surface area (Å²) in [7, 11) is 0. The fraction of sp³-hybridized carbons (Fsp3) is 0.571. The van der Waals surface area contributed by atoms with Crippen molar-refractivity contribution in [2.75, 3.05) is 6.61 Å². The standard InChI is InChI=1S/C7H14N2O/c1-6(2)5-10-9-4-7(3)8/h4,7H,1,5,8H2,2-3H3. The predicted octanol–water partition coefficient (Wildman–Crippen LogP) is 0.912. The molecule has 0 saturated carbocycles. The van der Waals surface area contributed by atoms with Crippen LogP contribution in [0, 0.1) is 0 Å². The number of rotatable bonds is 4. The van der Waals surface area contributed by atoms with Gasteiger partial charge in [0.25, 0.3) is 0 Å². The van der Waals surface area contributed by atoms with Gasteiger partial charge in [-0.3, -0.25) is 0 Å². The highest BCUT2D eigenvalue weighted by molar-refractivity contribution is 5.62. The van der Waals surface area contributed by atoms with Gasteiger partial charge in [-0.2, -0.15) is 0 Å². The summed E-state index contributed by atoms with van der Waals surface area (Å²) in [6.45, 7) is 7.81. The van der Waals surface area contributed by atoms with Crippen molar-refractivity contribution in [3.63, 3.8) is 0 Å². The minimum atomic E-state index is -0.0508. The van der Waals surface area contributed by atoms with Gasteiger partial charge in [0, 0.05) is 6.04 Å². The monoisotopic (exact) mass is 142 g/mol. The molecule has 0 amide bonds. The first-order valence-corrected chi connectivity index (χ1v) is 3.18. The van der Waals surface area contributed by atoms with E-state index in [1.54, 1.807) is 6.21 Å². The highest BCUT2D eigenvalue weighted by Crippen LogP contribution is 1.87. The summed E-state index contributed by atoms with van der Waals surface area (Å²) in [5.74, 6) is 0. The highest BCUT2D eigenvalue weighted by Gasteiger charge is 1.85. The lowest BCUT2D eigenvalue weighted by atomic mass is 10.4. The molecule has 0 aliphatic heterocycles. The Morgan fingerprint density at radius 2 is 2.50 bits per heavy atom. The Morgan fingerprint density at radius 3 is 2.90 bits per heavy atom. The molecule has 0 aliphatic carbocycles. The van der Waals surface area contributed by atoms with Crippen molar-refractivity contribution < 1.29 is 4.84 Å². The summed E-state index contributed by atoms with van der Waals surface area (Å²) in [6.07, 6.45) is 1.54. The Labute approximate surface area is 61.5 Å². The smallest absolute Gasteiger partial charge is 0.137 e. The van der Waals surface area contributed by atoms with Gasteiger partial charge >= 0.3 is 0 Å². The van der Waals surface area contributed by atoms with Crippen LogP contribution in [-0.2, 0) is 4.84 Å². The number of hydrogen-bond donors (Lipinski definition) is 1. The molecule has 0 aliphatic rings. The van der Waals surface area contributed by atoms with E-state index in [-0.39, 0.29) is 6.04 Å². The maximum absolute atomic E-state index is 5.36. The molecule has 1 unspecified atom stereocenters. The van der Waals surface area contributed by atoms with E-state index >= 15 is 0 Å². The normalized spacial score (nSPS) is 13.5. The molecule has 0 aromatic heterocycles. The second kappa shape index (κ2) is 4.99. The first-order valence-electron chi connectivity index (χ1n) is 3.18. The van der Waals surface area contributed by atoms with Crippen molar-refractivity contribution in [1.82, 2.24) is 0 Å². The first kappa shape index (κ1) is 9.17. The van der Waals surface area contributed by atoms with Gasteiger partial charge in [0.2, 0.25) is 0 Å². The second-order valence-corrected chi connectivity index (χ2v) is 2.34. The van der Waals surface area contributed by atoms with Crippen LogP contribution in [0.5, 0.6) is 0 Å². The third kappa shape index (κ3) is 7.17. The summed E-state index contributed by atoms with van der Waals surface area (Å²) in [4.78, 5) is 4.80. The van der Waals surface area contributed by atoms with Gasteiger partial charge in [0.15, 0.2) is 0 Å². The van der Waals surface area contributed by atoms with E-state index in [0.717, 1.165) is 5.57 Å². The lowest BCUT2D eigenvalue weighted by Crippen LogP contribution is -2.16. The van der Waals surface area contributed by atoms with Crippen molar-refractivity contribution in [1.29, 1.82) is 0 Å². The molecule has 0 fully saturated rings. The summed E-state index contributed by atoms with van der Waals surface area (Å²) in [5, 5.41) is 3.60. The third-order valence-corrected chi connectivity index (χ3v) is 0.681. The zero-order valence-electron chi connectivity index (χ0n) is 6.50. The van der Waals surface area contributed by atoms with E-state index in [4.69, 9.17) is 10.6 Å². The lowest BCUT2D eigenvalue weighted by molar-refractivity contribution is 0.169. The van der Waals surface area contributed by atoms with Crippen LogP contribution in [0.25, 0.3) is 0 Å². The third-order valence-electron chi connectivity index (χ3n) is 0.681. The summed E-state index contributed by atoms with van der Waals surface area (Å²) >= 11 is 0. The molecule has 0 bridgehead atoms. The molecule has 0 aromatic rings. The van der Waals surface area contributed by atoms with Gasteiger partial charge in [-0.1, -0.05) is 11.7 Å². The van der Waals surface area contributed by atoms with Crippen LogP contribution in [0.3, 0.4) is 0 Å². The largest absolute Gasteiger partial charge is 0.392 e. The van der Waals surface area contributed by atoms with Crippen LogP contribution < -0.4 is 5.73 Å². The van der Waals surface area contributed by atoms with E-state index in [1.807, 2.05) is 13.8 Å². The summed E-state index contributed by atoms with van der Waals surface area (Å²) < 4.78 is 0. The average Bonchev–Trinajstić information content (AvgIpc) is 1.79. The fourth-order valence-corrected chi connectivity index (χ4v) is 0.286. The maximum atomic E-state index is 5.36. The van der Waals surface area contributed by atoms with Crippen LogP contribution in [0.4, 0.5) is 0 Å². The average molecular weight is 142 g/mol. The topological polar surface area (TPSA) is 47.6 Å². The summed E-state index contributed by atoms with van der Waals surface area (Å²) in [5.41, 5.74) is 6.30. The summed E-state index contributed by atoms with van der Waals surface area (Å²) in [6, 6.07) is -0.0508. The van der Waals surface area contributed by atoms with Crippen LogP contribution in [-0.4, -0.2) is 18.9 Å². The highest BCUT2D eigenvalue weighted by atomic mass is 16.6. The molecule has 0 saturated heterocycles. The van der Waals surface area contributed by atoms with Crippen molar-refractivity contribution >= 4 is 6.21 Å². The van der Waals surface area contributed by atoms with Gasteiger partial charge in [-0.15, -0.1) is 0 Å². The Balaban J connectivity index is 3.27. The van der Waals surface area contributed by atoms with E-state index < -0.39 is 0 Å². The minimum absolute atomic E-state index is 0.0508. The Kier molecular flexibility index (Phi) is 4.58. The van der Waals surface area contributed by atoms with E-state index in [9.17, 15) is 0 Å². The van der Waals surface area contributed by atoms with Crippen LogP contribution >= 0.6 is 0 Å². The molecule has 2 N–H and O–H groups in total. The number of oxime groups is 1. The van der Waals surface area contributed by atoms with E-state index in [1.165, 1.54) is 0 Å². The van der Waals surface area contributed by atoms with Crippen LogP contribution in [0.1, 0.15) is 13.8 Å². The molecule has 0 rings (SSSR count). The van der Waals surface area contributed by atoms with Crippen LogP contribution in [0.15, 0.2) is 17.3 Å². The van der Waals surface area contributed by atoms with Crippen molar-refractivity contribution in [2.45, 2.75) is 19.9 Å². The van der Waals surface area contributed by atoms with Gasteiger partial charge in [0.1, 0.15) is 6.61 Å². The zero-order chi connectivity index (χ0) is 7.98. The second-order valence-electron chi connectivity index (χ2n) is 2.34. The predicted molar refractivity (Wildman–Crippen MR) is 42.9 cm³/mol. The van der Waals surface area contributed by atoms with Gasteiger partial charge in [-0.05, 0) is 19.4 Å². The molecular weight excluding hydrogens is 128 g/mol. The van der Waals surface area contributed by atoms with Gasteiger partial charge in [0.05, 0.1) is 6.21 Å². The van der Waals surface area contributed by atoms with E-state index in [2.05, 4.69) is 11.7 Å². The van der Waals surface area contributed by atoms with Crippen molar-refractivity contribution in [3.05, 3.63) is 12.2 Å². The Hall–Kier alpha value is -0.830. The zero-order valence-corrected chi connectivity index (χ0v) is 6.50. The molecular formula is C7H14N2O. The first-order chi connectivity index (χ1) is 4.63. The molecule has 3 nitrogen and oxygen atoms in total. The number of nitrogens with zero attached hydrogens (tertiary/aromatic N) is 1. The van der Waals surface area contributed by atoms with Crippen molar-refractivity contribution in [3.8, 4) is 0 Å². The molecule has 58 valence electrons. The molecule has 3 heteroatoms. The lowest BCUT2D eigenvalue weighted by Gasteiger charge is -1.97. The Morgan fingerprint density at radius 1 is 1.90 bits per heavy atom. The SMILES string of the molecule is C=C(C)CON=CC(C)N.